The number of rotatable bonds is 3. The van der Waals surface area contributed by atoms with Crippen molar-refractivity contribution >= 4 is 17.1 Å². The van der Waals surface area contributed by atoms with Gasteiger partial charge in [-0.1, -0.05) is 208 Å². The van der Waals surface area contributed by atoms with Crippen LogP contribution in [0.15, 0.2) is 224 Å². The molecule has 10 aromatic carbocycles. The summed E-state index contributed by atoms with van der Waals surface area (Å²) in [6, 6.07) is 84.8. The lowest BCUT2D eigenvalue weighted by molar-refractivity contribution is 0.660. The lowest BCUT2D eigenvalue weighted by Gasteiger charge is -2.33. The molecule has 0 aromatic heterocycles. The standard InChI is InChI=1S/C64H43N/c1-63(2)55-28-13-9-24-49(55)52-37-35-41(39-60(52)63)65(40-34-36-48-46-22-6-5-20-44(46)42-18-3-4-19-43(42)45-21-7-8-23-47(45)54(48)38-40)61-33-17-32-59-62(61)53-27-12-16-31-58(53)64(59)56-29-14-10-25-50(56)51-26-11-15-30-57(51)64/h3-39H,1-2H3. The molecule has 0 amide bonds. The highest BCUT2D eigenvalue weighted by Gasteiger charge is 2.52. The van der Waals surface area contributed by atoms with Gasteiger partial charge in [0.05, 0.1) is 11.1 Å². The SMILES string of the molecule is CC1(C)c2ccccc2-c2ccc(N(c3ccc4c(c3)-c3ccccc3-c3ccccc3-c3ccccc3-4)c3cccc4c3-c3ccccc3C43c4ccccc4-c4ccccc43)cc21. The molecular formula is C64H43N. The minimum absolute atomic E-state index is 0.164. The zero-order valence-electron chi connectivity index (χ0n) is 36.3. The van der Waals surface area contributed by atoms with Crippen molar-refractivity contribution in [3.8, 4) is 77.9 Å². The summed E-state index contributed by atoms with van der Waals surface area (Å²) in [5, 5.41) is 0. The molecule has 0 bridgehead atoms. The van der Waals surface area contributed by atoms with Crippen molar-refractivity contribution in [3.05, 3.63) is 258 Å². The van der Waals surface area contributed by atoms with Gasteiger partial charge < -0.3 is 4.90 Å². The highest BCUT2D eigenvalue weighted by molar-refractivity contribution is 6.06. The predicted molar refractivity (Wildman–Crippen MR) is 270 cm³/mol. The van der Waals surface area contributed by atoms with E-state index in [1.165, 1.54) is 117 Å². The van der Waals surface area contributed by atoms with Crippen LogP contribution >= 0.6 is 0 Å². The monoisotopic (exact) mass is 825 g/mol. The lowest BCUT2D eigenvalue weighted by Crippen LogP contribution is -2.26. The zero-order valence-corrected chi connectivity index (χ0v) is 36.3. The Balaban J connectivity index is 1.07. The predicted octanol–water partition coefficient (Wildman–Crippen LogP) is 16.8. The first kappa shape index (κ1) is 36.5. The fraction of sp³-hybridized carbons (Fsp3) is 0.0625. The third-order valence-corrected chi connectivity index (χ3v) is 15.3. The summed E-state index contributed by atoms with van der Waals surface area (Å²) in [6.07, 6.45) is 0. The molecule has 65 heavy (non-hydrogen) atoms. The Morgan fingerprint density at radius 3 is 1.15 bits per heavy atom. The maximum Gasteiger partial charge on any atom is 0.0726 e. The Morgan fingerprint density at radius 2 is 0.615 bits per heavy atom. The van der Waals surface area contributed by atoms with E-state index < -0.39 is 5.41 Å². The van der Waals surface area contributed by atoms with Gasteiger partial charge in [0.15, 0.2) is 0 Å². The Bertz CT molecular complexity index is 3610. The maximum absolute atomic E-state index is 2.57. The summed E-state index contributed by atoms with van der Waals surface area (Å²) in [5.74, 6) is 0. The van der Waals surface area contributed by atoms with Gasteiger partial charge in [-0.3, -0.25) is 0 Å². The van der Waals surface area contributed by atoms with E-state index in [4.69, 9.17) is 0 Å². The average Bonchev–Trinajstić information content (AvgIpc) is 3.92. The van der Waals surface area contributed by atoms with E-state index in [0.29, 0.717) is 0 Å². The molecule has 0 aliphatic heterocycles. The van der Waals surface area contributed by atoms with Crippen LogP contribution in [0.5, 0.6) is 0 Å². The second-order valence-corrected chi connectivity index (χ2v) is 18.7. The summed E-state index contributed by atoms with van der Waals surface area (Å²) >= 11 is 0. The van der Waals surface area contributed by atoms with Crippen molar-refractivity contribution in [2.75, 3.05) is 4.90 Å². The number of benzene rings is 10. The Kier molecular flexibility index (Phi) is 7.45. The second-order valence-electron chi connectivity index (χ2n) is 18.7. The highest BCUT2D eigenvalue weighted by atomic mass is 15.1. The first-order valence-corrected chi connectivity index (χ1v) is 22.9. The van der Waals surface area contributed by atoms with Crippen LogP contribution in [0.4, 0.5) is 17.1 Å². The molecule has 0 heterocycles. The minimum Gasteiger partial charge on any atom is -0.310 e. The third kappa shape index (κ3) is 4.77. The van der Waals surface area contributed by atoms with Gasteiger partial charge in [-0.05, 0) is 136 Å². The molecule has 0 N–H and O–H groups in total. The van der Waals surface area contributed by atoms with Crippen molar-refractivity contribution in [1.82, 2.24) is 0 Å². The smallest absolute Gasteiger partial charge is 0.0726 e. The van der Waals surface area contributed by atoms with Crippen LogP contribution in [0, 0.1) is 0 Å². The molecule has 1 nitrogen and oxygen atoms in total. The largest absolute Gasteiger partial charge is 0.310 e. The molecule has 304 valence electrons. The number of nitrogens with zero attached hydrogens (tertiary/aromatic N) is 1. The van der Waals surface area contributed by atoms with Crippen molar-refractivity contribution < 1.29 is 0 Å². The van der Waals surface area contributed by atoms with Crippen LogP contribution in [-0.2, 0) is 10.8 Å². The van der Waals surface area contributed by atoms with Crippen molar-refractivity contribution in [1.29, 1.82) is 0 Å². The molecule has 10 aromatic rings. The van der Waals surface area contributed by atoms with Crippen LogP contribution < -0.4 is 4.90 Å². The van der Waals surface area contributed by atoms with Crippen LogP contribution in [-0.4, -0.2) is 0 Å². The number of anilines is 3. The lowest BCUT2D eigenvalue weighted by atomic mass is 9.70. The minimum atomic E-state index is -0.454. The molecule has 0 radical (unpaired) electrons. The Hall–Kier alpha value is -8.00. The van der Waals surface area contributed by atoms with Gasteiger partial charge in [0.25, 0.3) is 0 Å². The first-order chi connectivity index (χ1) is 32.0. The first-order valence-electron chi connectivity index (χ1n) is 22.9. The van der Waals surface area contributed by atoms with E-state index in [2.05, 4.69) is 243 Å². The van der Waals surface area contributed by atoms with Gasteiger partial charge in [-0.2, -0.15) is 0 Å². The van der Waals surface area contributed by atoms with Gasteiger partial charge in [0.2, 0.25) is 0 Å². The quantitative estimate of drug-likeness (QED) is 0.172. The molecular weight excluding hydrogens is 783 g/mol. The number of fused-ring (bicyclic) bond motifs is 21. The van der Waals surface area contributed by atoms with E-state index in [0.717, 1.165) is 11.4 Å². The maximum atomic E-state index is 2.57. The van der Waals surface area contributed by atoms with Gasteiger partial charge in [-0.25, -0.2) is 0 Å². The summed E-state index contributed by atoms with van der Waals surface area (Å²) in [4.78, 5) is 2.57. The summed E-state index contributed by atoms with van der Waals surface area (Å²) in [5.41, 5.74) is 28.7. The third-order valence-electron chi connectivity index (χ3n) is 15.3. The fourth-order valence-electron chi connectivity index (χ4n) is 12.6. The van der Waals surface area contributed by atoms with Crippen molar-refractivity contribution in [2.45, 2.75) is 24.7 Å². The number of hydrogen-bond donors (Lipinski definition) is 0. The van der Waals surface area contributed by atoms with Gasteiger partial charge >= 0.3 is 0 Å². The molecule has 4 aliphatic rings. The Morgan fingerprint density at radius 1 is 0.262 bits per heavy atom. The number of hydrogen-bond acceptors (Lipinski definition) is 1. The molecule has 0 saturated carbocycles. The van der Waals surface area contributed by atoms with Crippen LogP contribution in [0.1, 0.15) is 47.2 Å². The molecule has 4 aliphatic carbocycles. The average molecular weight is 826 g/mol. The summed E-state index contributed by atoms with van der Waals surface area (Å²) < 4.78 is 0. The molecule has 1 spiro atoms. The highest BCUT2D eigenvalue weighted by Crippen LogP contribution is 2.65. The van der Waals surface area contributed by atoms with E-state index in [9.17, 15) is 0 Å². The van der Waals surface area contributed by atoms with Crippen LogP contribution in [0.25, 0.3) is 77.9 Å². The fourth-order valence-corrected chi connectivity index (χ4v) is 12.6. The molecule has 0 fully saturated rings. The molecule has 0 saturated heterocycles. The van der Waals surface area contributed by atoms with E-state index in [1.807, 2.05) is 0 Å². The second kappa shape index (κ2) is 13.3. The van der Waals surface area contributed by atoms with Crippen molar-refractivity contribution in [2.24, 2.45) is 0 Å². The van der Waals surface area contributed by atoms with Gasteiger partial charge in [0, 0.05) is 22.4 Å². The van der Waals surface area contributed by atoms with Gasteiger partial charge in [-0.15, -0.1) is 0 Å². The molecule has 1 heteroatoms. The molecule has 0 unspecified atom stereocenters. The summed E-state index contributed by atoms with van der Waals surface area (Å²) in [7, 11) is 0. The van der Waals surface area contributed by atoms with Crippen molar-refractivity contribution in [3.63, 3.8) is 0 Å². The van der Waals surface area contributed by atoms with Crippen LogP contribution in [0.3, 0.4) is 0 Å². The summed E-state index contributed by atoms with van der Waals surface area (Å²) in [6.45, 7) is 4.77. The van der Waals surface area contributed by atoms with Gasteiger partial charge in [0.1, 0.15) is 0 Å². The topological polar surface area (TPSA) is 3.24 Å². The zero-order chi connectivity index (χ0) is 43.0. The van der Waals surface area contributed by atoms with Crippen LogP contribution in [0.2, 0.25) is 0 Å². The Labute approximate surface area is 380 Å². The molecule has 14 rings (SSSR count). The van der Waals surface area contributed by atoms with E-state index >= 15 is 0 Å². The van der Waals surface area contributed by atoms with E-state index in [1.54, 1.807) is 0 Å². The van der Waals surface area contributed by atoms with E-state index in [-0.39, 0.29) is 5.41 Å². The normalized spacial score (nSPS) is 14.2. The molecule has 0 atom stereocenters.